The van der Waals surface area contributed by atoms with E-state index in [0.29, 0.717) is 19.5 Å². The number of nitrogens with one attached hydrogen (secondary N) is 2. The van der Waals surface area contributed by atoms with E-state index in [1.165, 1.54) is 6.92 Å². The van der Waals surface area contributed by atoms with Gasteiger partial charge < -0.3 is 15.5 Å². The van der Waals surface area contributed by atoms with Crippen LogP contribution in [0.4, 0.5) is 0 Å². The molecule has 1 heterocycles. The third kappa shape index (κ3) is 8.08. The van der Waals surface area contributed by atoms with Gasteiger partial charge in [-0.2, -0.15) is 0 Å². The maximum absolute atomic E-state index is 12.2. The first-order valence-corrected chi connectivity index (χ1v) is 8.32. The molecule has 0 aromatic carbocycles. The molecule has 0 radical (unpaired) electrons. The normalized spacial score (nSPS) is 18.2. The molecule has 23 heavy (non-hydrogen) atoms. The SMILES string of the molecule is C[13C](=O)[13CH2][13CH2]N[13C](=O)[13CH2]CNC(=O)C1CCC[15N]1CC[15N]([13CH3])[13CH3]. The van der Waals surface area contributed by atoms with Crippen molar-refractivity contribution >= 4 is 17.6 Å². The van der Waals surface area contributed by atoms with Crippen LogP contribution in [0.2, 0.25) is 0 Å². The number of carbonyl (C=O) groups excluding carboxylic acids is 3. The molecule has 1 unspecified atom stereocenters. The lowest BCUT2D eigenvalue weighted by Gasteiger charge is -2.25. The van der Waals surface area contributed by atoms with Crippen molar-refractivity contribution in [1.29, 1.82) is 0 Å². The number of ketones is 1. The van der Waals surface area contributed by atoms with Crippen molar-refractivity contribution in [3.05, 3.63) is 0 Å². The van der Waals surface area contributed by atoms with Gasteiger partial charge in [0.2, 0.25) is 11.8 Å². The van der Waals surface area contributed by atoms with Crippen LogP contribution in [0.3, 0.4) is 0 Å². The van der Waals surface area contributed by atoms with Crippen LogP contribution in [-0.4, -0.2) is 80.3 Å². The number of carbonyl (C=O) groups is 3. The summed E-state index contributed by atoms with van der Waals surface area (Å²) in [6.07, 6.45) is 2.51. The standard InChI is InChI=1S/C16H30N4O3/c1-13(21)6-8-17-15(22)7-9-18-16(23)14-5-4-10-20(14)12-11-19(2)3/h14H,4-12H2,1-3H3,(H,17,22)(H,18,23)/i2+1,3+1,6+1,7+1,8+1,13+1,15+1,19+1,20+1. The van der Waals surface area contributed by atoms with Crippen molar-refractivity contribution in [3.63, 3.8) is 0 Å². The summed E-state index contributed by atoms with van der Waals surface area (Å²) in [5.74, 6) is -0.0714. The number of Topliss-reactive ketones (excluding diaryl/α,β-unsaturated/α-hetero) is 1. The molecule has 1 rings (SSSR count). The largest absolute Gasteiger partial charge is 0.356 e. The first-order chi connectivity index (χ1) is 10.9. The molecule has 1 fully saturated rings. The van der Waals surface area contributed by atoms with Gasteiger partial charge in [0.1, 0.15) is 5.78 Å². The Hall–Kier alpha value is -1.47. The van der Waals surface area contributed by atoms with E-state index >= 15 is 0 Å². The van der Waals surface area contributed by atoms with E-state index in [0.717, 1.165) is 32.5 Å². The molecule has 0 bridgehead atoms. The zero-order chi connectivity index (χ0) is 17.2. The van der Waals surface area contributed by atoms with Gasteiger partial charge in [-0.25, -0.2) is 0 Å². The van der Waals surface area contributed by atoms with Crippen LogP contribution in [0.5, 0.6) is 0 Å². The molecular formula is C16H30N4O3. The fourth-order valence-corrected chi connectivity index (χ4v) is 2.60. The minimum absolute atomic E-state index is 0.0118. The Balaban J connectivity index is 2.22. The Kier molecular flexibility index (Phi) is 8.79. The summed E-state index contributed by atoms with van der Waals surface area (Å²) in [6, 6.07) is -0.0734. The molecule has 1 saturated heterocycles. The van der Waals surface area contributed by atoms with E-state index in [2.05, 4.69) is 20.4 Å². The summed E-state index contributed by atoms with van der Waals surface area (Å²) in [7, 11) is 4.05. The van der Waals surface area contributed by atoms with Crippen LogP contribution in [-0.2, 0) is 14.4 Å². The summed E-state index contributed by atoms with van der Waals surface area (Å²) in [5, 5.41) is 5.52. The number of likely N-dealkylation sites (N-methyl/N-ethyl adjacent to an activating group) is 1. The predicted octanol–water partition coefficient (Wildman–Crippen LogP) is -0.386. The van der Waals surface area contributed by atoms with Gasteiger partial charge in [-0.15, -0.1) is 0 Å². The molecule has 0 aliphatic carbocycles. The van der Waals surface area contributed by atoms with Crippen LogP contribution >= 0.6 is 0 Å². The van der Waals surface area contributed by atoms with E-state index in [4.69, 9.17) is 0 Å². The number of rotatable bonds is 10. The lowest BCUT2D eigenvalue weighted by Crippen LogP contribution is -2.46. The molecule has 7 heteroatoms. The van der Waals surface area contributed by atoms with Gasteiger partial charge in [0.25, 0.3) is 0 Å². The van der Waals surface area contributed by atoms with E-state index in [9.17, 15) is 14.4 Å². The van der Waals surface area contributed by atoms with Gasteiger partial charge in [0, 0.05) is 39.0 Å². The van der Waals surface area contributed by atoms with Gasteiger partial charge in [0.15, 0.2) is 0 Å². The van der Waals surface area contributed by atoms with Gasteiger partial charge in [-0.05, 0) is 40.4 Å². The first-order valence-electron chi connectivity index (χ1n) is 8.32. The zero-order valence-electron chi connectivity index (χ0n) is 14.6. The monoisotopic (exact) mass is 335 g/mol. The van der Waals surface area contributed by atoms with Crippen molar-refractivity contribution in [1.82, 2.24) is 20.4 Å². The van der Waals surface area contributed by atoms with E-state index in [1.807, 2.05) is 14.1 Å². The number of hydrogen-bond acceptors (Lipinski definition) is 5. The molecule has 1 aliphatic heterocycles. The van der Waals surface area contributed by atoms with Crippen molar-refractivity contribution in [2.24, 2.45) is 0 Å². The van der Waals surface area contributed by atoms with Gasteiger partial charge in [-0.3, -0.25) is 19.3 Å². The minimum Gasteiger partial charge on any atom is -0.356 e. The Bertz CT molecular complexity index is 412. The molecule has 1 atom stereocenters. The Morgan fingerprint density at radius 3 is 2.48 bits per heavy atom. The lowest BCUT2D eigenvalue weighted by molar-refractivity contribution is -0.125. The summed E-state index contributed by atoms with van der Waals surface area (Å²) in [6.45, 7) is 4.97. The summed E-state index contributed by atoms with van der Waals surface area (Å²) >= 11 is 0. The van der Waals surface area contributed by atoms with E-state index in [1.54, 1.807) is 0 Å². The third-order valence-corrected chi connectivity index (χ3v) is 3.95. The summed E-state index contributed by atoms with van der Waals surface area (Å²) in [5.41, 5.74) is 0. The quantitative estimate of drug-likeness (QED) is 0.420. The second kappa shape index (κ2) is 10.3. The summed E-state index contributed by atoms with van der Waals surface area (Å²) < 4.78 is 0. The van der Waals surface area contributed by atoms with Crippen molar-refractivity contribution in [2.75, 3.05) is 46.8 Å². The summed E-state index contributed by atoms with van der Waals surface area (Å²) in [4.78, 5) is 38.9. The second-order valence-electron chi connectivity index (χ2n) is 6.34. The average Bonchev–Trinajstić information content (AvgIpc) is 2.93. The highest BCUT2D eigenvalue weighted by Crippen LogP contribution is 2.16. The number of amides is 2. The van der Waals surface area contributed by atoms with Crippen molar-refractivity contribution < 1.29 is 14.4 Å². The van der Waals surface area contributed by atoms with Crippen molar-refractivity contribution in [2.45, 2.75) is 38.6 Å². The Morgan fingerprint density at radius 2 is 1.83 bits per heavy atom. The lowest BCUT2D eigenvalue weighted by atomic mass is 10.2. The van der Waals surface area contributed by atoms with Crippen molar-refractivity contribution in [3.8, 4) is 0 Å². The molecule has 0 saturated carbocycles. The van der Waals surface area contributed by atoms with Gasteiger partial charge in [-0.1, -0.05) is 0 Å². The molecule has 7 nitrogen and oxygen atoms in total. The maximum atomic E-state index is 12.2. The molecule has 132 valence electrons. The smallest absolute Gasteiger partial charge is 0.237 e. The van der Waals surface area contributed by atoms with Gasteiger partial charge in [0.05, 0.1) is 6.04 Å². The van der Waals surface area contributed by atoms with Crippen LogP contribution in [0, 0.1) is 0 Å². The van der Waals surface area contributed by atoms with E-state index in [-0.39, 0.29) is 30.1 Å². The molecule has 2 N–H and O–H groups in total. The Labute approximate surface area is 138 Å². The average molecular weight is 335 g/mol. The topological polar surface area (TPSA) is 81.8 Å². The first kappa shape index (κ1) is 19.6. The number of hydrogen-bond donors (Lipinski definition) is 2. The molecule has 0 aromatic rings. The number of likely N-dealkylation sites (tertiary alicyclic amines) is 1. The van der Waals surface area contributed by atoms with Crippen LogP contribution < -0.4 is 10.6 Å². The predicted molar refractivity (Wildman–Crippen MR) is 89.1 cm³/mol. The van der Waals surface area contributed by atoms with Crippen LogP contribution in [0.1, 0.15) is 32.6 Å². The second-order valence-corrected chi connectivity index (χ2v) is 6.34. The molecule has 2 amide bonds. The van der Waals surface area contributed by atoms with E-state index < -0.39 is 0 Å². The Morgan fingerprint density at radius 1 is 1.13 bits per heavy atom. The fraction of sp³-hybridized carbons (Fsp3) is 0.812. The highest BCUT2D eigenvalue weighted by atomic mass is 16.2. The maximum Gasteiger partial charge on any atom is 0.237 e. The third-order valence-electron chi connectivity index (χ3n) is 3.95. The molecule has 0 aromatic heterocycles. The molecule has 1 aliphatic rings. The minimum atomic E-state index is -0.137. The fourth-order valence-electron chi connectivity index (χ4n) is 2.60. The zero-order valence-corrected chi connectivity index (χ0v) is 14.6. The number of nitrogens with zero attached hydrogens (tertiary/aromatic N) is 2. The highest BCUT2D eigenvalue weighted by molar-refractivity contribution is 5.83. The van der Waals surface area contributed by atoms with Crippen LogP contribution in [0.25, 0.3) is 0 Å². The highest BCUT2D eigenvalue weighted by Gasteiger charge is 2.30. The van der Waals surface area contributed by atoms with Gasteiger partial charge >= 0.3 is 0 Å². The van der Waals surface area contributed by atoms with Crippen LogP contribution in [0.15, 0.2) is 0 Å². The molecule has 0 spiro atoms. The molecular weight excluding hydrogens is 305 g/mol.